The van der Waals surface area contributed by atoms with Crippen molar-refractivity contribution in [1.82, 2.24) is 9.69 Å². The molecule has 0 radical (unpaired) electrons. The maximum Gasteiger partial charge on any atom is 0.271 e. The van der Waals surface area contributed by atoms with E-state index in [1.165, 1.54) is 17.1 Å². The molecule has 3 atom stereocenters. The quantitative estimate of drug-likeness (QED) is 0.942. The fourth-order valence-electron chi connectivity index (χ4n) is 3.15. The van der Waals surface area contributed by atoms with E-state index in [4.69, 9.17) is 4.74 Å². The van der Waals surface area contributed by atoms with Crippen molar-refractivity contribution in [2.24, 2.45) is 0 Å². The summed E-state index contributed by atoms with van der Waals surface area (Å²) in [5, 5.41) is 4.89. The van der Waals surface area contributed by atoms with Crippen molar-refractivity contribution in [3.8, 4) is 0 Å². The Morgan fingerprint density at radius 1 is 1.27 bits per heavy atom. The van der Waals surface area contributed by atoms with Gasteiger partial charge >= 0.3 is 0 Å². The number of nitrogens with zero attached hydrogens (tertiary/aromatic N) is 1. The van der Waals surface area contributed by atoms with Gasteiger partial charge in [-0.1, -0.05) is 30.3 Å². The van der Waals surface area contributed by atoms with E-state index in [1.807, 2.05) is 11.4 Å². The molecule has 1 amide bonds. The lowest BCUT2D eigenvalue weighted by Gasteiger charge is -2.35. The first-order chi connectivity index (χ1) is 10.8. The molecule has 116 valence electrons. The van der Waals surface area contributed by atoms with Crippen molar-refractivity contribution in [3.63, 3.8) is 0 Å². The number of carbonyl (C=O) groups excluding carboxylic acids is 1. The van der Waals surface area contributed by atoms with Crippen LogP contribution in [-0.2, 0) is 4.74 Å². The number of methoxy groups -OCH3 is 1. The normalized spacial score (nSPS) is 24.9. The number of amides is 1. The number of carbonyl (C=O) groups is 1. The molecular weight excluding hydrogens is 296 g/mol. The SMILES string of the molecule is CO[C@@H]1C[C@@H](c2ccccc2)CC[C@@H]1NC(=O)c1ccsn1. The number of benzene rings is 1. The van der Waals surface area contributed by atoms with Crippen LogP contribution >= 0.6 is 11.5 Å². The van der Waals surface area contributed by atoms with Crippen molar-refractivity contribution >= 4 is 17.4 Å². The van der Waals surface area contributed by atoms with Crippen LogP contribution in [0, 0.1) is 0 Å². The fourth-order valence-corrected chi connectivity index (χ4v) is 3.66. The van der Waals surface area contributed by atoms with Gasteiger partial charge in [0, 0.05) is 12.5 Å². The second kappa shape index (κ2) is 7.03. The Hall–Kier alpha value is -1.72. The maximum atomic E-state index is 12.2. The highest BCUT2D eigenvalue weighted by atomic mass is 32.1. The minimum Gasteiger partial charge on any atom is -0.379 e. The summed E-state index contributed by atoms with van der Waals surface area (Å²) < 4.78 is 9.73. The van der Waals surface area contributed by atoms with Crippen LogP contribution in [0.5, 0.6) is 0 Å². The Labute approximate surface area is 134 Å². The van der Waals surface area contributed by atoms with Gasteiger partial charge in [-0.3, -0.25) is 4.79 Å². The first-order valence-corrected chi connectivity index (χ1v) is 8.40. The molecule has 1 aromatic carbocycles. The van der Waals surface area contributed by atoms with E-state index in [2.05, 4.69) is 34.0 Å². The molecule has 0 spiro atoms. The summed E-state index contributed by atoms with van der Waals surface area (Å²) in [4.78, 5) is 12.2. The van der Waals surface area contributed by atoms with Crippen molar-refractivity contribution in [2.75, 3.05) is 7.11 Å². The monoisotopic (exact) mass is 316 g/mol. The fraction of sp³-hybridized carbons (Fsp3) is 0.412. The third-order valence-electron chi connectivity index (χ3n) is 4.35. The second-order valence-electron chi connectivity index (χ2n) is 5.66. The number of hydrogen-bond acceptors (Lipinski definition) is 4. The summed E-state index contributed by atoms with van der Waals surface area (Å²) in [6.07, 6.45) is 2.96. The highest BCUT2D eigenvalue weighted by molar-refractivity contribution is 7.03. The van der Waals surface area contributed by atoms with E-state index >= 15 is 0 Å². The Morgan fingerprint density at radius 2 is 2.09 bits per heavy atom. The number of ether oxygens (including phenoxy) is 1. The van der Waals surface area contributed by atoms with Crippen LogP contribution in [0.15, 0.2) is 41.8 Å². The summed E-state index contributed by atoms with van der Waals surface area (Å²) in [5.74, 6) is 0.394. The Bertz CT molecular complexity index is 600. The molecule has 0 aliphatic heterocycles. The van der Waals surface area contributed by atoms with Crippen molar-refractivity contribution < 1.29 is 9.53 Å². The maximum absolute atomic E-state index is 12.2. The third kappa shape index (κ3) is 3.36. The molecule has 5 heteroatoms. The van der Waals surface area contributed by atoms with Gasteiger partial charge in [0.2, 0.25) is 0 Å². The van der Waals surface area contributed by atoms with Gasteiger partial charge in [-0.2, -0.15) is 4.37 Å². The zero-order valence-corrected chi connectivity index (χ0v) is 13.4. The van der Waals surface area contributed by atoms with Gasteiger partial charge in [0.1, 0.15) is 5.69 Å². The molecule has 4 nitrogen and oxygen atoms in total. The zero-order valence-electron chi connectivity index (χ0n) is 12.6. The summed E-state index contributed by atoms with van der Waals surface area (Å²) in [5.41, 5.74) is 1.85. The van der Waals surface area contributed by atoms with Crippen LogP contribution in [0.25, 0.3) is 0 Å². The first-order valence-electron chi connectivity index (χ1n) is 7.57. The van der Waals surface area contributed by atoms with Crippen molar-refractivity contribution in [1.29, 1.82) is 0 Å². The third-order valence-corrected chi connectivity index (χ3v) is 4.91. The minimum absolute atomic E-state index is 0.0431. The van der Waals surface area contributed by atoms with Gasteiger partial charge < -0.3 is 10.1 Å². The Balaban J connectivity index is 1.64. The molecule has 1 aliphatic rings. The number of rotatable bonds is 4. The molecule has 0 bridgehead atoms. The molecule has 1 saturated carbocycles. The van der Waals surface area contributed by atoms with Crippen LogP contribution in [0.2, 0.25) is 0 Å². The van der Waals surface area contributed by atoms with Gasteiger partial charge in [0.05, 0.1) is 12.1 Å². The zero-order chi connectivity index (χ0) is 15.4. The molecule has 1 heterocycles. The number of nitrogens with one attached hydrogen (secondary N) is 1. The lowest BCUT2D eigenvalue weighted by atomic mass is 9.80. The molecule has 1 aliphatic carbocycles. The predicted molar refractivity (Wildman–Crippen MR) is 87.2 cm³/mol. The largest absolute Gasteiger partial charge is 0.379 e. The summed E-state index contributed by atoms with van der Waals surface area (Å²) in [6.45, 7) is 0. The highest BCUT2D eigenvalue weighted by Gasteiger charge is 2.32. The van der Waals surface area contributed by atoms with Crippen LogP contribution in [0.4, 0.5) is 0 Å². The van der Waals surface area contributed by atoms with Gasteiger partial charge in [0.25, 0.3) is 5.91 Å². The van der Waals surface area contributed by atoms with E-state index in [0.29, 0.717) is 11.6 Å². The van der Waals surface area contributed by atoms with E-state index in [1.54, 1.807) is 13.2 Å². The van der Waals surface area contributed by atoms with Crippen molar-refractivity contribution in [3.05, 3.63) is 53.0 Å². The second-order valence-corrected chi connectivity index (χ2v) is 6.33. The first kappa shape index (κ1) is 15.2. The predicted octanol–water partition coefficient (Wildman–Crippen LogP) is 3.22. The number of aromatic nitrogens is 1. The number of hydrogen-bond donors (Lipinski definition) is 1. The average Bonchev–Trinajstić information content (AvgIpc) is 3.10. The van der Waals surface area contributed by atoms with Crippen LogP contribution in [-0.4, -0.2) is 29.5 Å². The molecule has 1 fully saturated rings. The van der Waals surface area contributed by atoms with Gasteiger partial charge in [-0.15, -0.1) is 0 Å². The Morgan fingerprint density at radius 3 is 2.77 bits per heavy atom. The molecule has 3 rings (SSSR count). The molecule has 0 unspecified atom stereocenters. The van der Waals surface area contributed by atoms with E-state index in [0.717, 1.165) is 19.3 Å². The van der Waals surface area contributed by atoms with Gasteiger partial charge in [-0.05, 0) is 48.3 Å². The van der Waals surface area contributed by atoms with Gasteiger partial charge in [-0.25, -0.2) is 0 Å². The molecule has 1 N–H and O–H groups in total. The van der Waals surface area contributed by atoms with Crippen molar-refractivity contribution in [2.45, 2.75) is 37.3 Å². The molecule has 2 aromatic rings. The molecular formula is C17H20N2O2S. The minimum atomic E-state index is -0.105. The van der Waals surface area contributed by atoms with Crippen LogP contribution < -0.4 is 5.32 Å². The van der Waals surface area contributed by atoms with Crippen LogP contribution in [0.3, 0.4) is 0 Å². The van der Waals surface area contributed by atoms with E-state index in [9.17, 15) is 4.79 Å². The van der Waals surface area contributed by atoms with Gasteiger partial charge in [0.15, 0.2) is 0 Å². The molecule has 22 heavy (non-hydrogen) atoms. The smallest absolute Gasteiger partial charge is 0.271 e. The molecule has 1 aromatic heterocycles. The van der Waals surface area contributed by atoms with E-state index < -0.39 is 0 Å². The topological polar surface area (TPSA) is 51.2 Å². The Kier molecular flexibility index (Phi) is 4.85. The standard InChI is InChI=1S/C17H20N2O2S/c1-21-16-11-13(12-5-3-2-4-6-12)7-8-14(16)18-17(20)15-9-10-22-19-15/h2-6,9-10,13-14,16H,7-8,11H2,1H3,(H,18,20)/t13-,14-,16+/m0/s1. The van der Waals surface area contributed by atoms with Crippen LogP contribution in [0.1, 0.15) is 41.2 Å². The van der Waals surface area contributed by atoms with E-state index in [-0.39, 0.29) is 18.1 Å². The average molecular weight is 316 g/mol. The lowest BCUT2D eigenvalue weighted by Crippen LogP contribution is -2.47. The summed E-state index contributed by atoms with van der Waals surface area (Å²) >= 11 is 1.29. The summed E-state index contributed by atoms with van der Waals surface area (Å²) in [7, 11) is 1.72. The highest BCUT2D eigenvalue weighted by Crippen LogP contribution is 2.34. The summed E-state index contributed by atoms with van der Waals surface area (Å²) in [6, 6.07) is 12.3. The molecule has 0 saturated heterocycles. The lowest BCUT2D eigenvalue weighted by molar-refractivity contribution is 0.0329.